The van der Waals surface area contributed by atoms with E-state index >= 15 is 0 Å². The van der Waals surface area contributed by atoms with Gasteiger partial charge in [-0.25, -0.2) is 4.79 Å². The highest BCUT2D eigenvalue weighted by Crippen LogP contribution is 2.26. The molecular weight excluding hydrogens is 232 g/mol. The van der Waals surface area contributed by atoms with E-state index in [0.717, 1.165) is 12.7 Å². The van der Waals surface area contributed by atoms with E-state index < -0.39 is 18.2 Å². The summed E-state index contributed by atoms with van der Waals surface area (Å²) in [7, 11) is 1.13. The molecule has 0 spiro atoms. The predicted octanol–water partition coefficient (Wildman–Crippen LogP) is 1.22. The average Bonchev–Trinajstić information content (AvgIpc) is 2.26. The Morgan fingerprint density at radius 2 is 2.06 bits per heavy atom. The Hall–Kier alpha value is -1.10. The molecule has 0 heterocycles. The molecule has 0 amide bonds. The number of aryl methyl sites for hydroxylation is 1. The van der Waals surface area contributed by atoms with Gasteiger partial charge in [-0.05, 0) is 18.6 Å². The van der Waals surface area contributed by atoms with E-state index in [1.54, 1.807) is 18.2 Å². The van der Waals surface area contributed by atoms with Crippen molar-refractivity contribution in [2.24, 2.45) is 0 Å². The second-order valence-corrected chi connectivity index (χ2v) is 3.85. The number of benzene rings is 1. The zero-order valence-electron chi connectivity index (χ0n) is 8.98. The van der Waals surface area contributed by atoms with Gasteiger partial charge in [-0.15, -0.1) is 0 Å². The maximum atomic E-state index is 11.0. The lowest BCUT2D eigenvalue weighted by Crippen LogP contribution is -2.29. The third-order valence-electron chi connectivity index (χ3n) is 2.22. The lowest BCUT2D eigenvalue weighted by atomic mass is 10.0. The lowest BCUT2D eigenvalue weighted by molar-refractivity contribution is -0.156. The van der Waals surface area contributed by atoms with Crippen molar-refractivity contribution in [1.29, 1.82) is 0 Å². The Balaban J connectivity index is 2.96. The summed E-state index contributed by atoms with van der Waals surface area (Å²) >= 11 is 5.89. The molecule has 4 nitrogen and oxygen atoms in total. The summed E-state index contributed by atoms with van der Waals surface area (Å²) in [5, 5.41) is 19.5. The summed E-state index contributed by atoms with van der Waals surface area (Å²) in [6.45, 7) is 1.85. The highest BCUT2D eigenvalue weighted by atomic mass is 35.5. The minimum Gasteiger partial charge on any atom is -0.467 e. The van der Waals surface area contributed by atoms with Crippen LogP contribution in [0.1, 0.15) is 17.2 Å². The van der Waals surface area contributed by atoms with Gasteiger partial charge in [-0.1, -0.05) is 23.7 Å². The van der Waals surface area contributed by atoms with Crippen LogP contribution in [-0.2, 0) is 9.53 Å². The van der Waals surface area contributed by atoms with Crippen molar-refractivity contribution in [2.75, 3.05) is 7.11 Å². The molecule has 2 unspecified atom stereocenters. The number of aliphatic hydroxyl groups excluding tert-OH is 2. The van der Waals surface area contributed by atoms with Gasteiger partial charge in [-0.2, -0.15) is 0 Å². The van der Waals surface area contributed by atoms with Crippen molar-refractivity contribution in [2.45, 2.75) is 19.1 Å². The first-order chi connectivity index (χ1) is 7.47. The second kappa shape index (κ2) is 5.30. The Morgan fingerprint density at radius 1 is 1.44 bits per heavy atom. The van der Waals surface area contributed by atoms with Crippen LogP contribution in [0.2, 0.25) is 5.02 Å². The molecular formula is C11H13ClO4. The van der Waals surface area contributed by atoms with E-state index in [2.05, 4.69) is 4.74 Å². The van der Waals surface area contributed by atoms with E-state index in [1.807, 2.05) is 6.92 Å². The molecule has 0 radical (unpaired) electrons. The second-order valence-electron chi connectivity index (χ2n) is 3.44. The van der Waals surface area contributed by atoms with Crippen molar-refractivity contribution in [3.63, 3.8) is 0 Å². The van der Waals surface area contributed by atoms with Gasteiger partial charge in [0.25, 0.3) is 0 Å². The van der Waals surface area contributed by atoms with Gasteiger partial charge in [0.1, 0.15) is 6.10 Å². The van der Waals surface area contributed by atoms with Crippen molar-refractivity contribution >= 4 is 17.6 Å². The van der Waals surface area contributed by atoms with Gasteiger partial charge >= 0.3 is 5.97 Å². The van der Waals surface area contributed by atoms with Crippen molar-refractivity contribution in [3.8, 4) is 0 Å². The fraction of sp³-hybridized carbons (Fsp3) is 0.364. The third-order valence-corrected chi connectivity index (χ3v) is 2.54. The number of hydrogen-bond donors (Lipinski definition) is 2. The topological polar surface area (TPSA) is 66.8 Å². The quantitative estimate of drug-likeness (QED) is 0.785. The summed E-state index contributed by atoms with van der Waals surface area (Å²) < 4.78 is 4.33. The average molecular weight is 245 g/mol. The van der Waals surface area contributed by atoms with Crippen LogP contribution in [0, 0.1) is 6.92 Å². The Kier molecular flexibility index (Phi) is 4.29. The number of methoxy groups -OCH3 is 1. The molecule has 0 bridgehead atoms. The van der Waals surface area contributed by atoms with Gasteiger partial charge in [0, 0.05) is 10.6 Å². The molecule has 1 aromatic carbocycles. The largest absolute Gasteiger partial charge is 0.467 e. The summed E-state index contributed by atoms with van der Waals surface area (Å²) in [5.74, 6) is -0.899. The molecule has 1 rings (SSSR count). The van der Waals surface area contributed by atoms with Crippen LogP contribution in [0.15, 0.2) is 18.2 Å². The molecule has 0 aromatic heterocycles. The standard InChI is InChI=1S/C11H13ClO4/c1-6-3-4-7(8(12)5-6)9(13)10(14)11(15)16-2/h3-5,9-10,13-14H,1-2H3. The van der Waals surface area contributed by atoms with Gasteiger partial charge in [0.15, 0.2) is 6.10 Å². The van der Waals surface area contributed by atoms with Gasteiger partial charge in [-0.3, -0.25) is 0 Å². The smallest absolute Gasteiger partial charge is 0.337 e. The molecule has 0 saturated carbocycles. The molecule has 0 aliphatic heterocycles. The molecule has 1 aromatic rings. The highest BCUT2D eigenvalue weighted by Gasteiger charge is 2.27. The maximum Gasteiger partial charge on any atom is 0.337 e. The van der Waals surface area contributed by atoms with E-state index in [4.69, 9.17) is 11.6 Å². The first-order valence-corrected chi connectivity index (χ1v) is 5.05. The number of carbonyl (C=O) groups is 1. The number of hydrogen-bond acceptors (Lipinski definition) is 4. The number of esters is 1. The number of aliphatic hydroxyl groups is 2. The van der Waals surface area contributed by atoms with Crippen molar-refractivity contribution in [1.82, 2.24) is 0 Å². The summed E-state index contributed by atoms with van der Waals surface area (Å²) in [6, 6.07) is 4.94. The molecule has 0 saturated heterocycles. The lowest BCUT2D eigenvalue weighted by Gasteiger charge is -2.17. The molecule has 2 N–H and O–H groups in total. The molecule has 0 aliphatic rings. The summed E-state index contributed by atoms with van der Waals surface area (Å²) in [4.78, 5) is 11.0. The Labute approximate surface area is 98.4 Å². The van der Waals surface area contributed by atoms with Gasteiger partial charge < -0.3 is 14.9 Å². The van der Waals surface area contributed by atoms with Crippen LogP contribution < -0.4 is 0 Å². The first-order valence-electron chi connectivity index (χ1n) is 4.67. The molecule has 2 atom stereocenters. The number of halogens is 1. The maximum absolute atomic E-state index is 11.0. The van der Waals surface area contributed by atoms with Gasteiger partial charge in [0.05, 0.1) is 7.11 Å². The van der Waals surface area contributed by atoms with Crippen LogP contribution in [0.3, 0.4) is 0 Å². The van der Waals surface area contributed by atoms with E-state index in [9.17, 15) is 15.0 Å². The first kappa shape index (κ1) is 13.0. The fourth-order valence-electron chi connectivity index (χ4n) is 1.29. The molecule has 5 heteroatoms. The zero-order chi connectivity index (χ0) is 12.3. The van der Waals surface area contributed by atoms with Crippen LogP contribution in [0.25, 0.3) is 0 Å². The van der Waals surface area contributed by atoms with E-state index in [-0.39, 0.29) is 0 Å². The third kappa shape index (κ3) is 2.72. The zero-order valence-corrected chi connectivity index (χ0v) is 9.73. The SMILES string of the molecule is COC(=O)C(O)C(O)c1ccc(C)cc1Cl. The monoisotopic (exact) mass is 244 g/mol. The number of carbonyl (C=O) groups excluding carboxylic acids is 1. The normalized spacial score (nSPS) is 14.3. The van der Waals surface area contributed by atoms with E-state index in [1.165, 1.54) is 0 Å². The molecule has 16 heavy (non-hydrogen) atoms. The minimum atomic E-state index is -1.63. The van der Waals surface area contributed by atoms with E-state index in [0.29, 0.717) is 10.6 Å². The summed E-state index contributed by atoms with van der Waals surface area (Å²) in [6.07, 6.45) is -3.02. The highest BCUT2D eigenvalue weighted by molar-refractivity contribution is 6.31. The Morgan fingerprint density at radius 3 is 2.56 bits per heavy atom. The van der Waals surface area contributed by atoms with Crippen LogP contribution in [0.5, 0.6) is 0 Å². The van der Waals surface area contributed by atoms with Crippen molar-refractivity contribution in [3.05, 3.63) is 34.3 Å². The van der Waals surface area contributed by atoms with Gasteiger partial charge in [0.2, 0.25) is 0 Å². The van der Waals surface area contributed by atoms with Crippen LogP contribution in [-0.4, -0.2) is 29.4 Å². The fourth-order valence-corrected chi connectivity index (χ4v) is 1.64. The molecule has 0 aliphatic carbocycles. The summed E-state index contributed by atoms with van der Waals surface area (Å²) in [5.41, 5.74) is 1.22. The Bertz CT molecular complexity index is 392. The molecule has 88 valence electrons. The molecule has 0 fully saturated rings. The van der Waals surface area contributed by atoms with Crippen LogP contribution in [0.4, 0.5) is 0 Å². The number of rotatable bonds is 3. The minimum absolute atomic E-state index is 0.296. The van der Waals surface area contributed by atoms with Crippen molar-refractivity contribution < 1.29 is 19.7 Å². The predicted molar refractivity (Wildman–Crippen MR) is 59.2 cm³/mol. The number of ether oxygens (including phenoxy) is 1. The van der Waals surface area contributed by atoms with Crippen LogP contribution >= 0.6 is 11.6 Å².